The van der Waals surface area contributed by atoms with Gasteiger partial charge in [-0.15, -0.1) is 0 Å². The zero-order valence-electron chi connectivity index (χ0n) is 10.8. The zero-order valence-corrected chi connectivity index (χ0v) is 10.8. The third-order valence-corrected chi connectivity index (χ3v) is 3.10. The molecule has 1 fully saturated rings. The number of carbonyl (C=O) groups excluding carboxylic acids is 1. The van der Waals surface area contributed by atoms with Gasteiger partial charge in [0.05, 0.1) is 5.56 Å². The molecule has 1 amide bonds. The molecule has 1 heterocycles. The third-order valence-electron chi connectivity index (χ3n) is 3.10. The summed E-state index contributed by atoms with van der Waals surface area (Å²) >= 11 is 0. The maximum Gasteiger partial charge on any atom is 0.254 e. The Balaban J connectivity index is 1.97. The van der Waals surface area contributed by atoms with E-state index in [-0.39, 0.29) is 18.1 Å². The van der Waals surface area contributed by atoms with Gasteiger partial charge in [-0.3, -0.25) is 4.79 Å². The number of pyridine rings is 1. The second-order valence-corrected chi connectivity index (χ2v) is 4.90. The molecule has 1 aliphatic carbocycles. The highest BCUT2D eigenvalue weighted by Gasteiger charge is 2.23. The monoisotopic (exact) mass is 249 g/mol. The molecule has 1 aromatic heterocycles. The number of aromatic nitrogens is 1. The standard InChI is InChI=1S/C13H19N3O2/c1-16(2)13(17)9-3-6-12(15-8-9)18-11-5-4-10(14)7-11/h3,6,8,10-11H,4-5,7,14H2,1-2H3. The van der Waals surface area contributed by atoms with Gasteiger partial charge in [0.2, 0.25) is 5.88 Å². The number of ether oxygens (including phenoxy) is 1. The summed E-state index contributed by atoms with van der Waals surface area (Å²) in [5.74, 6) is 0.501. The Hall–Kier alpha value is -1.62. The highest BCUT2D eigenvalue weighted by Crippen LogP contribution is 2.22. The normalized spacial score (nSPS) is 22.8. The molecule has 2 unspecified atom stereocenters. The Bertz CT molecular complexity index is 417. The molecule has 0 bridgehead atoms. The van der Waals surface area contributed by atoms with E-state index in [1.54, 1.807) is 32.4 Å². The van der Waals surface area contributed by atoms with Crippen LogP contribution in [-0.4, -0.2) is 42.0 Å². The van der Waals surface area contributed by atoms with Crippen molar-refractivity contribution in [1.82, 2.24) is 9.88 Å². The molecular weight excluding hydrogens is 230 g/mol. The van der Waals surface area contributed by atoms with Crippen LogP contribution in [-0.2, 0) is 0 Å². The van der Waals surface area contributed by atoms with Gasteiger partial charge in [-0.25, -0.2) is 4.98 Å². The smallest absolute Gasteiger partial charge is 0.254 e. The first-order valence-corrected chi connectivity index (χ1v) is 6.16. The van der Waals surface area contributed by atoms with Crippen LogP contribution in [0.25, 0.3) is 0 Å². The van der Waals surface area contributed by atoms with E-state index in [1.165, 1.54) is 4.90 Å². The van der Waals surface area contributed by atoms with Crippen molar-refractivity contribution in [3.8, 4) is 5.88 Å². The molecule has 5 heteroatoms. The molecule has 1 aromatic rings. The van der Waals surface area contributed by atoms with Crippen molar-refractivity contribution in [2.75, 3.05) is 14.1 Å². The van der Waals surface area contributed by atoms with Crippen LogP contribution in [0.4, 0.5) is 0 Å². The number of rotatable bonds is 3. The summed E-state index contributed by atoms with van der Waals surface area (Å²) in [5.41, 5.74) is 6.39. The van der Waals surface area contributed by atoms with Crippen LogP contribution in [0.2, 0.25) is 0 Å². The average Bonchev–Trinajstić information content (AvgIpc) is 2.75. The van der Waals surface area contributed by atoms with Gasteiger partial charge in [-0.05, 0) is 25.3 Å². The van der Waals surface area contributed by atoms with Gasteiger partial charge in [0, 0.05) is 32.4 Å². The van der Waals surface area contributed by atoms with E-state index in [1.807, 2.05) is 0 Å². The van der Waals surface area contributed by atoms with Crippen molar-refractivity contribution in [2.24, 2.45) is 5.73 Å². The summed E-state index contributed by atoms with van der Waals surface area (Å²) in [6, 6.07) is 3.71. The molecule has 2 atom stereocenters. The Labute approximate surface area is 107 Å². The average molecular weight is 249 g/mol. The summed E-state index contributed by atoms with van der Waals surface area (Å²) in [5, 5.41) is 0. The minimum absolute atomic E-state index is 0.0584. The number of nitrogens with two attached hydrogens (primary N) is 1. The summed E-state index contributed by atoms with van der Waals surface area (Å²) in [4.78, 5) is 17.4. The third kappa shape index (κ3) is 2.98. The highest BCUT2D eigenvalue weighted by molar-refractivity contribution is 5.93. The van der Waals surface area contributed by atoms with Crippen molar-refractivity contribution < 1.29 is 9.53 Å². The van der Waals surface area contributed by atoms with E-state index < -0.39 is 0 Å². The van der Waals surface area contributed by atoms with Crippen molar-refractivity contribution >= 4 is 5.91 Å². The van der Waals surface area contributed by atoms with E-state index in [2.05, 4.69) is 4.98 Å². The predicted octanol–water partition coefficient (Wildman–Crippen LogP) is 1.04. The van der Waals surface area contributed by atoms with Crippen LogP contribution in [0.1, 0.15) is 29.6 Å². The van der Waals surface area contributed by atoms with Gasteiger partial charge in [0.1, 0.15) is 6.10 Å². The topological polar surface area (TPSA) is 68.5 Å². The fourth-order valence-electron chi connectivity index (χ4n) is 2.09. The molecule has 2 rings (SSSR count). The fraction of sp³-hybridized carbons (Fsp3) is 0.538. The van der Waals surface area contributed by atoms with Crippen LogP contribution >= 0.6 is 0 Å². The number of amides is 1. The Morgan fingerprint density at radius 2 is 2.22 bits per heavy atom. The highest BCUT2D eigenvalue weighted by atomic mass is 16.5. The lowest BCUT2D eigenvalue weighted by atomic mass is 10.2. The van der Waals surface area contributed by atoms with Crippen LogP contribution in [0, 0.1) is 0 Å². The van der Waals surface area contributed by atoms with Crippen molar-refractivity contribution in [1.29, 1.82) is 0 Å². The van der Waals surface area contributed by atoms with Crippen molar-refractivity contribution in [3.05, 3.63) is 23.9 Å². The maximum atomic E-state index is 11.7. The van der Waals surface area contributed by atoms with Gasteiger partial charge < -0.3 is 15.4 Å². The van der Waals surface area contributed by atoms with Crippen LogP contribution in [0.15, 0.2) is 18.3 Å². The van der Waals surface area contributed by atoms with E-state index in [4.69, 9.17) is 10.5 Å². The van der Waals surface area contributed by atoms with Gasteiger partial charge in [-0.1, -0.05) is 0 Å². The second kappa shape index (κ2) is 5.35. The predicted molar refractivity (Wildman–Crippen MR) is 68.5 cm³/mol. The molecule has 1 saturated carbocycles. The molecule has 18 heavy (non-hydrogen) atoms. The molecule has 5 nitrogen and oxygen atoms in total. The molecule has 0 spiro atoms. The van der Waals surface area contributed by atoms with E-state index in [9.17, 15) is 4.79 Å². The Morgan fingerprint density at radius 3 is 2.72 bits per heavy atom. The second-order valence-electron chi connectivity index (χ2n) is 4.90. The van der Waals surface area contributed by atoms with Gasteiger partial charge in [0.25, 0.3) is 5.91 Å². The lowest BCUT2D eigenvalue weighted by molar-refractivity contribution is 0.0827. The molecular formula is C13H19N3O2. The minimum Gasteiger partial charge on any atom is -0.474 e. The van der Waals surface area contributed by atoms with Gasteiger partial charge in [0.15, 0.2) is 0 Å². The van der Waals surface area contributed by atoms with Crippen LogP contribution in [0.5, 0.6) is 5.88 Å². The number of carbonyl (C=O) groups is 1. The molecule has 0 radical (unpaired) electrons. The first-order valence-electron chi connectivity index (χ1n) is 6.16. The first-order chi connectivity index (χ1) is 8.56. The van der Waals surface area contributed by atoms with E-state index >= 15 is 0 Å². The molecule has 1 aliphatic rings. The maximum absolute atomic E-state index is 11.7. The number of hydrogen-bond donors (Lipinski definition) is 1. The molecule has 98 valence electrons. The van der Waals surface area contributed by atoms with Crippen LogP contribution < -0.4 is 10.5 Å². The zero-order chi connectivity index (χ0) is 13.1. The van der Waals surface area contributed by atoms with E-state index in [0.29, 0.717) is 11.4 Å². The number of hydrogen-bond acceptors (Lipinski definition) is 4. The van der Waals surface area contributed by atoms with Crippen molar-refractivity contribution in [2.45, 2.75) is 31.4 Å². The summed E-state index contributed by atoms with van der Waals surface area (Å²) in [7, 11) is 3.43. The first kappa shape index (κ1) is 12.8. The molecule has 0 saturated heterocycles. The SMILES string of the molecule is CN(C)C(=O)c1ccc(OC2CCC(N)C2)nc1. The summed E-state index contributed by atoms with van der Waals surface area (Å²) in [6.07, 6.45) is 4.55. The quantitative estimate of drug-likeness (QED) is 0.869. The minimum atomic E-state index is -0.0584. The Morgan fingerprint density at radius 1 is 1.44 bits per heavy atom. The van der Waals surface area contributed by atoms with Crippen molar-refractivity contribution in [3.63, 3.8) is 0 Å². The molecule has 2 N–H and O–H groups in total. The fourth-order valence-corrected chi connectivity index (χ4v) is 2.09. The molecule has 0 aliphatic heterocycles. The lowest BCUT2D eigenvalue weighted by Crippen LogP contribution is -2.22. The van der Waals surface area contributed by atoms with Gasteiger partial charge >= 0.3 is 0 Å². The lowest BCUT2D eigenvalue weighted by Gasteiger charge is -2.13. The number of nitrogens with zero attached hydrogens (tertiary/aromatic N) is 2. The summed E-state index contributed by atoms with van der Waals surface area (Å²) in [6.45, 7) is 0. The van der Waals surface area contributed by atoms with E-state index in [0.717, 1.165) is 19.3 Å². The van der Waals surface area contributed by atoms with Gasteiger partial charge in [-0.2, -0.15) is 0 Å². The Kier molecular flexibility index (Phi) is 3.81. The van der Waals surface area contributed by atoms with Crippen LogP contribution in [0.3, 0.4) is 0 Å². The molecule has 0 aromatic carbocycles. The summed E-state index contributed by atoms with van der Waals surface area (Å²) < 4.78 is 5.72. The largest absolute Gasteiger partial charge is 0.474 e.